The van der Waals surface area contributed by atoms with Crippen molar-refractivity contribution in [3.05, 3.63) is 47.5 Å². The van der Waals surface area contributed by atoms with Crippen molar-refractivity contribution in [2.24, 2.45) is 5.41 Å². The number of imidazole rings is 1. The lowest BCUT2D eigenvalue weighted by Crippen LogP contribution is -2.24. The van der Waals surface area contributed by atoms with E-state index in [4.69, 9.17) is 9.47 Å². The molecule has 0 spiro atoms. The molecule has 1 atom stereocenters. The van der Waals surface area contributed by atoms with Gasteiger partial charge in [0.15, 0.2) is 6.73 Å². The van der Waals surface area contributed by atoms with Crippen molar-refractivity contribution in [3.63, 3.8) is 0 Å². The fourth-order valence-electron chi connectivity index (χ4n) is 2.62. The monoisotopic (exact) mass is 330 g/mol. The van der Waals surface area contributed by atoms with E-state index in [1.54, 1.807) is 13.3 Å². The molecule has 0 aliphatic rings. The van der Waals surface area contributed by atoms with Crippen molar-refractivity contribution >= 4 is 5.97 Å². The molecule has 0 N–H and O–H groups in total. The number of esters is 1. The second-order valence-corrected chi connectivity index (χ2v) is 6.96. The van der Waals surface area contributed by atoms with Gasteiger partial charge >= 0.3 is 5.97 Å². The first kappa shape index (κ1) is 18.0. The maximum atomic E-state index is 12.0. The number of carbonyl (C=O) groups is 1. The number of ether oxygens (including phenoxy) is 2. The lowest BCUT2D eigenvalue weighted by Gasteiger charge is -2.20. The molecular weight excluding hydrogens is 304 g/mol. The van der Waals surface area contributed by atoms with Gasteiger partial charge in [-0.25, -0.2) is 4.98 Å². The van der Waals surface area contributed by atoms with Crippen molar-refractivity contribution in [1.29, 1.82) is 0 Å². The van der Waals surface area contributed by atoms with Crippen LogP contribution in [0.2, 0.25) is 0 Å². The highest BCUT2D eigenvalue weighted by atomic mass is 16.5. The fraction of sp³-hybridized carbons (Fsp3) is 0.474. The largest absolute Gasteiger partial charge is 0.496 e. The Labute approximate surface area is 143 Å². The SMILES string of the molecule is COc1cccc(C(C)c2nccn2COC(=O)C(C)(C)C)c1C. The van der Waals surface area contributed by atoms with Gasteiger partial charge in [-0.1, -0.05) is 19.1 Å². The second-order valence-electron chi connectivity index (χ2n) is 6.96. The number of hydrogen-bond donors (Lipinski definition) is 0. The van der Waals surface area contributed by atoms with Crippen molar-refractivity contribution in [2.45, 2.75) is 47.3 Å². The third kappa shape index (κ3) is 3.78. The molecule has 0 fully saturated rings. The Hall–Kier alpha value is -2.30. The van der Waals surface area contributed by atoms with Gasteiger partial charge in [-0.15, -0.1) is 0 Å². The summed E-state index contributed by atoms with van der Waals surface area (Å²) in [5, 5.41) is 0. The van der Waals surface area contributed by atoms with Crippen LogP contribution in [0.15, 0.2) is 30.6 Å². The van der Waals surface area contributed by atoms with Gasteiger partial charge < -0.3 is 14.0 Å². The molecule has 0 saturated heterocycles. The topological polar surface area (TPSA) is 53.4 Å². The molecule has 1 heterocycles. The summed E-state index contributed by atoms with van der Waals surface area (Å²) in [6.45, 7) is 9.81. The number of carbonyl (C=O) groups excluding carboxylic acids is 1. The zero-order chi connectivity index (χ0) is 17.9. The summed E-state index contributed by atoms with van der Waals surface area (Å²) < 4.78 is 12.7. The van der Waals surface area contributed by atoms with E-state index in [9.17, 15) is 4.79 Å². The number of nitrogens with zero attached hydrogens (tertiary/aromatic N) is 2. The molecule has 0 saturated carbocycles. The molecule has 2 rings (SSSR count). The van der Waals surface area contributed by atoms with Gasteiger partial charge in [0.25, 0.3) is 0 Å². The minimum atomic E-state index is -0.518. The molecule has 130 valence electrons. The molecule has 5 nitrogen and oxygen atoms in total. The van der Waals surface area contributed by atoms with Crippen LogP contribution in [0.25, 0.3) is 0 Å². The van der Waals surface area contributed by atoms with E-state index in [0.29, 0.717) is 0 Å². The number of benzene rings is 1. The predicted octanol–water partition coefficient (Wildman–Crippen LogP) is 3.90. The molecule has 0 amide bonds. The first-order chi connectivity index (χ1) is 11.3. The smallest absolute Gasteiger partial charge is 0.312 e. The van der Waals surface area contributed by atoms with Crippen LogP contribution in [0, 0.1) is 12.3 Å². The third-order valence-electron chi connectivity index (χ3n) is 4.09. The Morgan fingerprint density at radius 3 is 2.67 bits per heavy atom. The van der Waals surface area contributed by atoms with Gasteiger partial charge in [0.2, 0.25) is 0 Å². The molecule has 0 aliphatic carbocycles. The molecule has 0 bridgehead atoms. The van der Waals surface area contributed by atoms with E-state index in [2.05, 4.69) is 18.0 Å². The molecular formula is C19H26N2O3. The highest BCUT2D eigenvalue weighted by Gasteiger charge is 2.24. The van der Waals surface area contributed by atoms with E-state index in [-0.39, 0.29) is 18.6 Å². The molecule has 24 heavy (non-hydrogen) atoms. The zero-order valence-electron chi connectivity index (χ0n) is 15.3. The van der Waals surface area contributed by atoms with Crippen molar-refractivity contribution in [1.82, 2.24) is 9.55 Å². The van der Waals surface area contributed by atoms with Gasteiger partial charge in [-0.2, -0.15) is 0 Å². The molecule has 1 aromatic heterocycles. The highest BCUT2D eigenvalue weighted by Crippen LogP contribution is 2.30. The van der Waals surface area contributed by atoms with Gasteiger partial charge in [0.1, 0.15) is 11.6 Å². The Bertz CT molecular complexity index is 714. The van der Waals surface area contributed by atoms with Crippen LogP contribution in [-0.2, 0) is 16.3 Å². The molecule has 5 heteroatoms. The maximum absolute atomic E-state index is 12.0. The normalized spacial score (nSPS) is 12.8. The third-order valence-corrected chi connectivity index (χ3v) is 4.09. The maximum Gasteiger partial charge on any atom is 0.312 e. The van der Waals surface area contributed by atoms with Gasteiger partial charge in [-0.3, -0.25) is 4.79 Å². The van der Waals surface area contributed by atoms with E-state index in [0.717, 1.165) is 22.7 Å². The van der Waals surface area contributed by atoms with Crippen LogP contribution in [0.1, 0.15) is 50.6 Å². The van der Waals surface area contributed by atoms with Crippen molar-refractivity contribution < 1.29 is 14.3 Å². The second kappa shape index (κ2) is 7.07. The van der Waals surface area contributed by atoms with Gasteiger partial charge in [-0.05, 0) is 44.9 Å². The quantitative estimate of drug-likeness (QED) is 0.780. The Morgan fingerprint density at radius 2 is 2.04 bits per heavy atom. The molecule has 1 unspecified atom stereocenters. The van der Waals surface area contributed by atoms with E-state index >= 15 is 0 Å². The Morgan fingerprint density at radius 1 is 1.33 bits per heavy atom. The highest BCUT2D eigenvalue weighted by molar-refractivity contribution is 5.75. The lowest BCUT2D eigenvalue weighted by atomic mass is 9.95. The zero-order valence-corrected chi connectivity index (χ0v) is 15.3. The first-order valence-electron chi connectivity index (χ1n) is 8.07. The summed E-state index contributed by atoms with van der Waals surface area (Å²) in [4.78, 5) is 16.4. The first-order valence-corrected chi connectivity index (χ1v) is 8.07. The summed E-state index contributed by atoms with van der Waals surface area (Å²) in [6, 6.07) is 6.00. The van der Waals surface area contributed by atoms with E-state index < -0.39 is 5.41 Å². The van der Waals surface area contributed by atoms with Crippen LogP contribution in [0.5, 0.6) is 5.75 Å². The minimum absolute atomic E-state index is 0.0587. The van der Waals surface area contributed by atoms with Gasteiger partial charge in [0.05, 0.1) is 12.5 Å². The molecule has 2 aromatic rings. The minimum Gasteiger partial charge on any atom is -0.496 e. The Balaban J connectivity index is 2.22. The van der Waals surface area contributed by atoms with Crippen LogP contribution >= 0.6 is 0 Å². The number of rotatable bonds is 5. The van der Waals surface area contributed by atoms with Crippen LogP contribution in [-0.4, -0.2) is 22.6 Å². The number of aromatic nitrogens is 2. The molecule has 1 aromatic carbocycles. The van der Waals surface area contributed by atoms with Crippen LogP contribution in [0.3, 0.4) is 0 Å². The van der Waals surface area contributed by atoms with Crippen LogP contribution < -0.4 is 4.74 Å². The summed E-state index contributed by atoms with van der Waals surface area (Å²) in [7, 11) is 1.67. The number of hydrogen-bond acceptors (Lipinski definition) is 4. The molecule has 0 aliphatic heterocycles. The summed E-state index contributed by atoms with van der Waals surface area (Å²) in [6.07, 6.45) is 3.56. The lowest BCUT2D eigenvalue weighted by molar-refractivity contribution is -0.157. The summed E-state index contributed by atoms with van der Waals surface area (Å²) >= 11 is 0. The summed E-state index contributed by atoms with van der Waals surface area (Å²) in [5.41, 5.74) is 1.72. The fourth-order valence-corrected chi connectivity index (χ4v) is 2.62. The van der Waals surface area contributed by atoms with Crippen molar-refractivity contribution in [3.8, 4) is 5.75 Å². The average molecular weight is 330 g/mol. The predicted molar refractivity (Wildman–Crippen MR) is 93.0 cm³/mol. The summed E-state index contributed by atoms with van der Waals surface area (Å²) in [5.74, 6) is 1.54. The average Bonchev–Trinajstić information content (AvgIpc) is 2.99. The number of methoxy groups -OCH3 is 1. The van der Waals surface area contributed by atoms with Crippen molar-refractivity contribution in [2.75, 3.05) is 7.11 Å². The van der Waals surface area contributed by atoms with E-state index in [1.165, 1.54) is 0 Å². The molecule has 0 radical (unpaired) electrons. The standard InChI is InChI=1S/C19H26N2O3/c1-13-15(8-7-9-16(13)23-6)14(2)17-20-10-11-21(17)12-24-18(22)19(3,4)5/h7-11,14H,12H2,1-6H3. The van der Waals surface area contributed by atoms with E-state index in [1.807, 2.05) is 50.6 Å². The van der Waals surface area contributed by atoms with Gasteiger partial charge in [0, 0.05) is 18.3 Å². The van der Waals surface area contributed by atoms with Crippen LogP contribution in [0.4, 0.5) is 0 Å². The Kier molecular flexibility index (Phi) is 5.32.